The average Bonchev–Trinajstić information content (AvgIpc) is 2.96. The lowest BCUT2D eigenvalue weighted by molar-refractivity contribution is -0.120. The molecule has 29 heavy (non-hydrogen) atoms. The summed E-state index contributed by atoms with van der Waals surface area (Å²) in [5, 5.41) is 0.676. The molecule has 0 spiro atoms. The van der Waals surface area contributed by atoms with E-state index >= 15 is 0 Å². The number of likely N-dealkylation sites (N-methyl/N-ethyl adjacent to an activating group) is 1. The Bertz CT molecular complexity index is 1010. The molecule has 2 aliphatic rings. The van der Waals surface area contributed by atoms with Crippen LogP contribution in [-0.2, 0) is 9.59 Å². The fourth-order valence-electron chi connectivity index (χ4n) is 3.68. The first-order valence-electron chi connectivity index (χ1n) is 9.45. The van der Waals surface area contributed by atoms with E-state index in [9.17, 15) is 9.59 Å². The van der Waals surface area contributed by atoms with Gasteiger partial charge in [-0.1, -0.05) is 53.0 Å². The third kappa shape index (κ3) is 3.66. The van der Waals surface area contributed by atoms with Gasteiger partial charge in [-0.25, -0.2) is 4.90 Å². The van der Waals surface area contributed by atoms with E-state index in [-0.39, 0.29) is 11.8 Å². The molecule has 0 N–H and O–H groups in total. The molecule has 0 saturated carbocycles. The second-order valence-corrected chi connectivity index (χ2v) is 8.24. The minimum atomic E-state index is -0.342. The van der Waals surface area contributed by atoms with Crippen molar-refractivity contribution in [2.24, 2.45) is 0 Å². The van der Waals surface area contributed by atoms with Crippen LogP contribution in [0.25, 0.3) is 5.57 Å². The van der Waals surface area contributed by atoms with E-state index in [4.69, 9.17) is 23.2 Å². The van der Waals surface area contributed by atoms with Crippen molar-refractivity contribution in [2.75, 3.05) is 38.1 Å². The predicted octanol–water partition coefficient (Wildman–Crippen LogP) is 3.83. The molecule has 2 amide bonds. The lowest BCUT2D eigenvalue weighted by Gasteiger charge is -2.34. The van der Waals surface area contributed by atoms with Crippen LogP contribution >= 0.6 is 23.2 Å². The Morgan fingerprint density at radius 2 is 1.48 bits per heavy atom. The molecular formula is C22H21Cl2N3O2. The number of imide groups is 1. The molecular weight excluding hydrogens is 409 g/mol. The van der Waals surface area contributed by atoms with Gasteiger partial charge in [-0.15, -0.1) is 0 Å². The average molecular weight is 430 g/mol. The molecule has 150 valence electrons. The number of piperazine rings is 1. The number of rotatable bonds is 3. The molecule has 0 unspecified atom stereocenters. The van der Waals surface area contributed by atoms with Crippen LogP contribution in [0, 0.1) is 6.92 Å². The number of amides is 2. The summed E-state index contributed by atoms with van der Waals surface area (Å²) in [5.41, 5.74) is 3.14. The van der Waals surface area contributed by atoms with Crippen LogP contribution in [0.15, 0.2) is 48.2 Å². The smallest absolute Gasteiger partial charge is 0.282 e. The Morgan fingerprint density at radius 3 is 2.10 bits per heavy atom. The van der Waals surface area contributed by atoms with E-state index in [0.717, 1.165) is 24.2 Å². The zero-order valence-corrected chi connectivity index (χ0v) is 17.8. The van der Waals surface area contributed by atoms with Gasteiger partial charge < -0.3 is 9.80 Å². The number of aryl methyl sites for hydroxylation is 1. The van der Waals surface area contributed by atoms with E-state index in [2.05, 4.69) is 11.9 Å². The van der Waals surface area contributed by atoms with E-state index < -0.39 is 0 Å². The van der Waals surface area contributed by atoms with Gasteiger partial charge in [-0.05, 0) is 37.7 Å². The van der Waals surface area contributed by atoms with Gasteiger partial charge in [0.15, 0.2) is 0 Å². The first-order chi connectivity index (χ1) is 13.9. The quantitative estimate of drug-likeness (QED) is 0.695. The Balaban J connectivity index is 1.81. The number of carbonyl (C=O) groups is 2. The normalized spacial score (nSPS) is 18.2. The largest absolute Gasteiger partial charge is 0.364 e. The number of nitrogens with zero attached hydrogens (tertiary/aromatic N) is 3. The first-order valence-corrected chi connectivity index (χ1v) is 10.2. The molecule has 1 fully saturated rings. The first kappa shape index (κ1) is 20.0. The lowest BCUT2D eigenvalue weighted by Crippen LogP contribution is -2.46. The zero-order valence-electron chi connectivity index (χ0n) is 16.3. The summed E-state index contributed by atoms with van der Waals surface area (Å²) >= 11 is 12.2. The molecule has 2 aromatic rings. The van der Waals surface area contributed by atoms with Crippen LogP contribution in [-0.4, -0.2) is 54.8 Å². The van der Waals surface area contributed by atoms with E-state index in [1.165, 1.54) is 4.90 Å². The maximum Gasteiger partial charge on any atom is 0.282 e. The predicted molar refractivity (Wildman–Crippen MR) is 116 cm³/mol. The van der Waals surface area contributed by atoms with Crippen LogP contribution < -0.4 is 4.90 Å². The molecule has 2 aromatic carbocycles. The highest BCUT2D eigenvalue weighted by molar-refractivity contribution is 6.46. The van der Waals surface area contributed by atoms with Crippen molar-refractivity contribution in [3.8, 4) is 0 Å². The Labute approximate surface area is 180 Å². The van der Waals surface area contributed by atoms with Crippen molar-refractivity contribution in [1.29, 1.82) is 0 Å². The third-order valence-corrected chi connectivity index (χ3v) is 6.12. The summed E-state index contributed by atoms with van der Waals surface area (Å²) in [5.74, 6) is -0.667. The Hall–Kier alpha value is -2.34. The van der Waals surface area contributed by atoms with Gasteiger partial charge in [0.2, 0.25) is 0 Å². The van der Waals surface area contributed by atoms with Crippen molar-refractivity contribution in [2.45, 2.75) is 6.92 Å². The summed E-state index contributed by atoms with van der Waals surface area (Å²) in [7, 11) is 2.05. The topological polar surface area (TPSA) is 43.9 Å². The maximum atomic E-state index is 13.5. The van der Waals surface area contributed by atoms with E-state index in [1.54, 1.807) is 18.2 Å². The van der Waals surface area contributed by atoms with E-state index in [0.29, 0.717) is 40.1 Å². The highest BCUT2D eigenvalue weighted by atomic mass is 35.5. The van der Waals surface area contributed by atoms with Gasteiger partial charge in [-0.3, -0.25) is 9.59 Å². The number of halogens is 2. The summed E-state index contributed by atoms with van der Waals surface area (Å²) in [4.78, 5) is 32.3. The second-order valence-electron chi connectivity index (χ2n) is 7.42. The van der Waals surface area contributed by atoms with Crippen molar-refractivity contribution in [3.63, 3.8) is 0 Å². The molecule has 5 nitrogen and oxygen atoms in total. The number of benzene rings is 2. The van der Waals surface area contributed by atoms with Gasteiger partial charge in [0.25, 0.3) is 11.8 Å². The molecule has 0 atom stereocenters. The zero-order chi connectivity index (χ0) is 20.7. The van der Waals surface area contributed by atoms with Crippen LogP contribution in [0.4, 0.5) is 5.69 Å². The molecule has 2 aliphatic heterocycles. The minimum Gasteiger partial charge on any atom is -0.364 e. The molecule has 0 aliphatic carbocycles. The Morgan fingerprint density at radius 1 is 0.828 bits per heavy atom. The summed E-state index contributed by atoms with van der Waals surface area (Å²) in [6.45, 7) is 5.03. The van der Waals surface area contributed by atoms with Gasteiger partial charge in [0.1, 0.15) is 5.70 Å². The third-order valence-electron chi connectivity index (χ3n) is 5.38. The highest BCUT2D eigenvalue weighted by Crippen LogP contribution is 2.37. The van der Waals surface area contributed by atoms with Crippen LogP contribution in [0.3, 0.4) is 0 Å². The molecule has 0 aromatic heterocycles. The van der Waals surface area contributed by atoms with Crippen molar-refractivity contribution < 1.29 is 9.59 Å². The van der Waals surface area contributed by atoms with Crippen LogP contribution in [0.2, 0.25) is 10.0 Å². The number of hydrogen-bond donors (Lipinski definition) is 0. The summed E-state index contributed by atoms with van der Waals surface area (Å²) < 4.78 is 0. The maximum absolute atomic E-state index is 13.5. The van der Waals surface area contributed by atoms with Gasteiger partial charge in [0.05, 0.1) is 21.3 Å². The van der Waals surface area contributed by atoms with Gasteiger partial charge in [0, 0.05) is 26.2 Å². The summed E-state index contributed by atoms with van der Waals surface area (Å²) in [6, 6.07) is 12.5. The van der Waals surface area contributed by atoms with Gasteiger partial charge >= 0.3 is 0 Å². The Kier molecular flexibility index (Phi) is 5.38. The highest BCUT2D eigenvalue weighted by Gasteiger charge is 2.43. The number of anilines is 1. The SMILES string of the molecule is Cc1ccc(C2=C(N3CCN(C)CC3)C(=O)N(c3ccc(Cl)c(Cl)c3)C2=O)cc1. The molecule has 0 bridgehead atoms. The molecule has 7 heteroatoms. The lowest BCUT2D eigenvalue weighted by atomic mass is 10.0. The molecule has 4 rings (SSSR count). The summed E-state index contributed by atoms with van der Waals surface area (Å²) in [6.07, 6.45) is 0. The van der Waals surface area contributed by atoms with Crippen molar-refractivity contribution in [1.82, 2.24) is 9.80 Å². The van der Waals surface area contributed by atoms with Crippen LogP contribution in [0.1, 0.15) is 11.1 Å². The number of hydrogen-bond acceptors (Lipinski definition) is 4. The number of carbonyl (C=O) groups excluding carboxylic acids is 2. The fraction of sp³-hybridized carbons (Fsp3) is 0.273. The fourth-order valence-corrected chi connectivity index (χ4v) is 3.97. The minimum absolute atomic E-state index is 0.301. The standard InChI is InChI=1S/C22H21Cl2N3O2/c1-14-3-5-15(6-4-14)19-20(26-11-9-25(2)10-12-26)22(29)27(21(19)28)16-7-8-17(23)18(24)13-16/h3-8,13H,9-12H2,1-2H3. The van der Waals surface area contributed by atoms with Crippen molar-refractivity contribution >= 4 is 46.3 Å². The van der Waals surface area contributed by atoms with Crippen LogP contribution in [0.5, 0.6) is 0 Å². The van der Waals surface area contributed by atoms with E-state index in [1.807, 2.05) is 36.1 Å². The van der Waals surface area contributed by atoms with Gasteiger partial charge in [-0.2, -0.15) is 0 Å². The monoisotopic (exact) mass is 429 g/mol. The molecule has 2 heterocycles. The molecule has 0 radical (unpaired) electrons. The molecule has 1 saturated heterocycles. The van der Waals surface area contributed by atoms with Crippen molar-refractivity contribution in [3.05, 3.63) is 69.3 Å². The second kappa shape index (κ2) is 7.82.